The van der Waals surface area contributed by atoms with Gasteiger partial charge in [0, 0.05) is 41.5 Å². The predicted octanol–water partition coefficient (Wildman–Crippen LogP) is 17.1. The third-order valence-corrected chi connectivity index (χ3v) is 17.5. The van der Waals surface area contributed by atoms with E-state index in [4.69, 9.17) is 0 Å². The number of fused-ring (bicyclic) bond motifs is 4. The molecule has 0 radical (unpaired) electrons. The van der Waals surface area contributed by atoms with E-state index >= 15 is 0 Å². The Bertz CT molecular complexity index is 2580. The van der Waals surface area contributed by atoms with Gasteiger partial charge in [-0.05, 0) is 148 Å². The van der Waals surface area contributed by atoms with E-state index in [9.17, 15) is 0 Å². The minimum absolute atomic E-state index is 1.15. The Morgan fingerprint density at radius 2 is 0.446 bits per heavy atom. The molecule has 6 heteroatoms. The van der Waals surface area contributed by atoms with Crippen LogP contribution < -0.4 is 9.80 Å². The van der Waals surface area contributed by atoms with E-state index in [1.54, 1.807) is 0 Å². The Hall–Kier alpha value is -4.98. The normalized spacial score (nSPS) is 11.6. The zero-order valence-corrected chi connectivity index (χ0v) is 36.3. The fourth-order valence-electron chi connectivity index (χ4n) is 7.93. The highest BCUT2D eigenvalue weighted by atomic mass is 32.1. The van der Waals surface area contributed by atoms with Gasteiger partial charge in [0.2, 0.25) is 0 Å². The van der Waals surface area contributed by atoms with Crippen molar-refractivity contribution in [2.75, 3.05) is 9.80 Å². The molecule has 0 saturated carbocycles. The summed E-state index contributed by atoms with van der Waals surface area (Å²) in [4.78, 5) is 5.06. The molecule has 0 aliphatic carbocycles. The van der Waals surface area contributed by atoms with Crippen molar-refractivity contribution < 1.29 is 0 Å². The van der Waals surface area contributed by atoms with Crippen molar-refractivity contribution in [3.8, 4) is 0 Å². The van der Waals surface area contributed by atoms with Gasteiger partial charge in [0.1, 0.15) is 0 Å². The molecule has 0 unspecified atom stereocenters. The number of hydrogen-bond donors (Lipinski definition) is 0. The molecule has 0 bridgehead atoms. The quantitative estimate of drug-likeness (QED) is 0.122. The van der Waals surface area contributed by atoms with Gasteiger partial charge in [0.05, 0.1) is 30.2 Å². The van der Waals surface area contributed by atoms with Gasteiger partial charge < -0.3 is 9.80 Å². The van der Waals surface area contributed by atoms with Gasteiger partial charge in [-0.3, -0.25) is 0 Å². The number of para-hydroxylation sites is 4. The maximum atomic E-state index is 2.53. The second-order valence-electron chi connectivity index (χ2n) is 14.8. The van der Waals surface area contributed by atoms with Crippen molar-refractivity contribution in [1.29, 1.82) is 0 Å². The van der Waals surface area contributed by atoms with Crippen LogP contribution in [0.15, 0.2) is 121 Å². The molecular formula is C50H44N2S4. The third-order valence-electron chi connectivity index (χ3n) is 11.7. The molecule has 7 aromatic carbocycles. The highest BCUT2D eigenvalue weighted by Crippen LogP contribution is 2.58. The van der Waals surface area contributed by atoms with E-state index < -0.39 is 0 Å². The zero-order chi connectivity index (χ0) is 38.8. The van der Waals surface area contributed by atoms with E-state index in [0.717, 1.165) is 22.7 Å². The number of nitrogens with zero attached hydrogens (tertiary/aromatic N) is 2. The molecule has 0 atom stereocenters. The molecule has 9 aromatic rings. The van der Waals surface area contributed by atoms with E-state index in [0.29, 0.717) is 0 Å². The number of anilines is 6. The Balaban J connectivity index is 1.61. The standard InChI is InChI=1S/C50H44N2S4/c1-29-30(2)34(6)44-43(33(29)5)53-47-41(51(37-21-13-9-14-22-37)38-23-15-10-16-24-38)49-50(56-46-36(8)32(4)31(3)35(7)45(46)55-49)42(48(47)54-44)52(39-25-17-11-18-26-39)40-27-19-12-20-28-40/h9-28H,1-8H3. The summed E-state index contributed by atoms with van der Waals surface area (Å²) in [5.74, 6) is 0. The molecule has 0 amide bonds. The minimum Gasteiger partial charge on any atom is -0.308 e. The number of benzene rings is 7. The summed E-state index contributed by atoms with van der Waals surface area (Å²) in [5.41, 5.74) is 18.1. The molecule has 0 aliphatic heterocycles. The van der Waals surface area contributed by atoms with E-state index in [1.165, 1.54) is 93.5 Å². The average molecular weight is 801 g/mol. The summed E-state index contributed by atoms with van der Waals surface area (Å²) in [6.07, 6.45) is 0. The first-order chi connectivity index (χ1) is 27.2. The topological polar surface area (TPSA) is 6.48 Å². The van der Waals surface area contributed by atoms with Crippen molar-refractivity contribution in [3.63, 3.8) is 0 Å². The van der Waals surface area contributed by atoms with Crippen LogP contribution >= 0.6 is 45.3 Å². The van der Waals surface area contributed by atoms with Crippen LogP contribution in [0.1, 0.15) is 44.5 Å². The van der Waals surface area contributed by atoms with Gasteiger partial charge in [-0.2, -0.15) is 0 Å². The van der Waals surface area contributed by atoms with Gasteiger partial charge in [-0.25, -0.2) is 0 Å². The van der Waals surface area contributed by atoms with Gasteiger partial charge in [-0.1, -0.05) is 72.8 Å². The van der Waals surface area contributed by atoms with Gasteiger partial charge in [0.15, 0.2) is 0 Å². The van der Waals surface area contributed by atoms with Crippen LogP contribution in [0.3, 0.4) is 0 Å². The maximum absolute atomic E-state index is 2.53. The second-order valence-corrected chi connectivity index (χ2v) is 18.8. The summed E-state index contributed by atoms with van der Waals surface area (Å²) < 4.78 is 10.7. The highest BCUT2D eigenvalue weighted by Gasteiger charge is 2.30. The number of aryl methyl sites for hydroxylation is 4. The molecule has 9 rings (SSSR count). The number of hydrogen-bond acceptors (Lipinski definition) is 6. The molecule has 56 heavy (non-hydrogen) atoms. The van der Waals surface area contributed by atoms with Crippen LogP contribution in [0.5, 0.6) is 0 Å². The Labute approximate surface area is 345 Å². The lowest BCUT2D eigenvalue weighted by molar-refractivity contribution is 1.26. The van der Waals surface area contributed by atoms with E-state index in [1.807, 2.05) is 45.3 Å². The third kappa shape index (κ3) is 5.85. The summed E-state index contributed by atoms with van der Waals surface area (Å²) in [5, 5.41) is 0. The smallest absolute Gasteiger partial charge is 0.0838 e. The van der Waals surface area contributed by atoms with Gasteiger partial charge in [-0.15, -0.1) is 45.3 Å². The molecule has 0 N–H and O–H groups in total. The Morgan fingerprint density at radius 3 is 0.643 bits per heavy atom. The molecule has 0 saturated heterocycles. The van der Waals surface area contributed by atoms with E-state index in [2.05, 4.69) is 187 Å². The first-order valence-corrected chi connectivity index (χ1v) is 22.4. The monoisotopic (exact) mass is 800 g/mol. The van der Waals surface area contributed by atoms with Crippen LogP contribution in [0.4, 0.5) is 34.1 Å². The van der Waals surface area contributed by atoms with Crippen LogP contribution in [-0.2, 0) is 0 Å². The SMILES string of the molecule is Cc1c(C)c(C)c2sc3c(N(c4ccccc4)c4ccccc4)c4sc5c(C)c(C)c(C)c(C)c5sc4c(N(c4ccccc4)c4ccccc4)c3sc2c1C. The van der Waals surface area contributed by atoms with Crippen molar-refractivity contribution in [2.24, 2.45) is 0 Å². The van der Waals surface area contributed by atoms with Gasteiger partial charge in [0.25, 0.3) is 0 Å². The fraction of sp³-hybridized carbons (Fsp3) is 0.160. The largest absolute Gasteiger partial charge is 0.308 e. The molecule has 0 spiro atoms. The summed E-state index contributed by atoms with van der Waals surface area (Å²) in [7, 11) is 0. The first kappa shape index (κ1) is 36.6. The van der Waals surface area contributed by atoms with Crippen molar-refractivity contribution in [2.45, 2.75) is 55.4 Å². The van der Waals surface area contributed by atoms with Crippen LogP contribution in [0, 0.1) is 55.4 Å². The molecule has 278 valence electrons. The van der Waals surface area contributed by atoms with Crippen LogP contribution in [-0.4, -0.2) is 0 Å². The van der Waals surface area contributed by atoms with Crippen molar-refractivity contribution in [3.05, 3.63) is 166 Å². The van der Waals surface area contributed by atoms with Crippen LogP contribution in [0.25, 0.3) is 37.6 Å². The zero-order valence-electron chi connectivity index (χ0n) is 33.1. The average Bonchev–Trinajstić information content (AvgIpc) is 3.25. The molecule has 0 fully saturated rings. The Morgan fingerprint density at radius 1 is 0.250 bits per heavy atom. The van der Waals surface area contributed by atoms with Crippen molar-refractivity contribution in [1.82, 2.24) is 0 Å². The lowest BCUT2D eigenvalue weighted by atomic mass is 10.00. The number of rotatable bonds is 6. The summed E-state index contributed by atoms with van der Waals surface area (Å²) in [6, 6.07) is 43.9. The van der Waals surface area contributed by atoms with Crippen LogP contribution in [0.2, 0.25) is 0 Å². The maximum Gasteiger partial charge on any atom is 0.0838 e. The summed E-state index contributed by atoms with van der Waals surface area (Å²) >= 11 is 7.87. The highest BCUT2D eigenvalue weighted by molar-refractivity contribution is 7.40. The van der Waals surface area contributed by atoms with Gasteiger partial charge >= 0.3 is 0 Å². The molecule has 2 heterocycles. The minimum atomic E-state index is 1.15. The lowest BCUT2D eigenvalue weighted by Crippen LogP contribution is -2.13. The summed E-state index contributed by atoms with van der Waals surface area (Å²) in [6.45, 7) is 18.5. The van der Waals surface area contributed by atoms with E-state index in [-0.39, 0.29) is 0 Å². The first-order valence-electron chi connectivity index (χ1n) is 19.1. The molecule has 2 aromatic heterocycles. The van der Waals surface area contributed by atoms with Crippen molar-refractivity contribution >= 4 is 117 Å². The lowest BCUT2D eigenvalue weighted by Gasteiger charge is -2.32. The predicted molar refractivity (Wildman–Crippen MR) is 253 cm³/mol. The second kappa shape index (κ2) is 14.5. The molecular weight excluding hydrogens is 757 g/mol. The fourth-order valence-corrected chi connectivity index (χ4v) is 14.0. The molecule has 0 aliphatic rings. The Kier molecular flexibility index (Phi) is 9.49. The molecule has 2 nitrogen and oxygen atoms in total.